The van der Waals surface area contributed by atoms with E-state index in [1.807, 2.05) is 55.5 Å². The average Bonchev–Trinajstić information content (AvgIpc) is 3.07. The molecule has 1 aliphatic heterocycles. The molecule has 0 atom stereocenters. The van der Waals surface area contributed by atoms with Crippen molar-refractivity contribution < 1.29 is 14.3 Å². The predicted octanol–water partition coefficient (Wildman–Crippen LogP) is 5.82. The van der Waals surface area contributed by atoms with Crippen molar-refractivity contribution in [3.63, 3.8) is 0 Å². The third kappa shape index (κ3) is 5.15. The first-order chi connectivity index (χ1) is 15.6. The zero-order valence-electron chi connectivity index (χ0n) is 18.1. The summed E-state index contributed by atoms with van der Waals surface area (Å²) in [6.45, 7) is 2.87. The summed E-state index contributed by atoms with van der Waals surface area (Å²) >= 11 is 9.10. The molecule has 0 bridgehead atoms. The van der Waals surface area contributed by atoms with E-state index in [9.17, 15) is 4.79 Å². The van der Waals surface area contributed by atoms with Gasteiger partial charge in [0, 0.05) is 6.04 Å². The van der Waals surface area contributed by atoms with E-state index >= 15 is 0 Å². The van der Waals surface area contributed by atoms with Crippen LogP contribution >= 0.6 is 28.1 Å². The molecule has 2 aromatic carbocycles. The predicted molar refractivity (Wildman–Crippen MR) is 134 cm³/mol. The highest BCUT2D eigenvalue weighted by Crippen LogP contribution is 2.38. The number of carbonyl (C=O) groups excluding carboxylic acids is 1. The molecule has 168 valence electrons. The van der Waals surface area contributed by atoms with Gasteiger partial charge in [-0.2, -0.15) is 0 Å². The van der Waals surface area contributed by atoms with Crippen molar-refractivity contribution in [3.05, 3.63) is 63.8 Å². The fourth-order valence-electron chi connectivity index (χ4n) is 4.19. The minimum Gasteiger partial charge on any atom is -0.490 e. The van der Waals surface area contributed by atoms with Gasteiger partial charge >= 0.3 is 0 Å². The molecule has 0 radical (unpaired) electrons. The molecule has 2 aromatic rings. The van der Waals surface area contributed by atoms with Gasteiger partial charge in [0.2, 0.25) is 0 Å². The van der Waals surface area contributed by atoms with Crippen LogP contribution in [-0.2, 0) is 11.4 Å². The number of benzene rings is 2. The van der Waals surface area contributed by atoms with E-state index in [2.05, 4.69) is 21.2 Å². The number of nitrogens with one attached hydrogen (secondary N) is 1. The molecule has 5 nitrogen and oxygen atoms in total. The summed E-state index contributed by atoms with van der Waals surface area (Å²) in [5.41, 5.74) is 2.40. The summed E-state index contributed by atoms with van der Waals surface area (Å²) < 4.78 is 12.7. The highest BCUT2D eigenvalue weighted by molar-refractivity contribution is 9.10. The van der Waals surface area contributed by atoms with Crippen LogP contribution in [0.15, 0.2) is 52.6 Å². The lowest BCUT2D eigenvalue weighted by atomic mass is 9.94. The highest BCUT2D eigenvalue weighted by Gasteiger charge is 2.36. The maximum atomic E-state index is 13.1. The minimum atomic E-state index is -0.0552. The van der Waals surface area contributed by atoms with Gasteiger partial charge in [-0.3, -0.25) is 9.69 Å². The Labute approximate surface area is 202 Å². The largest absolute Gasteiger partial charge is 0.490 e. The first kappa shape index (κ1) is 22.8. The Morgan fingerprint density at radius 2 is 1.91 bits per heavy atom. The smallest absolute Gasteiger partial charge is 0.276 e. The van der Waals surface area contributed by atoms with Crippen molar-refractivity contribution in [2.24, 2.45) is 0 Å². The number of amides is 1. The van der Waals surface area contributed by atoms with Crippen molar-refractivity contribution in [2.45, 2.75) is 51.7 Å². The van der Waals surface area contributed by atoms with Gasteiger partial charge in [-0.1, -0.05) is 49.6 Å². The molecule has 1 saturated carbocycles. The Kier molecular flexibility index (Phi) is 7.48. The van der Waals surface area contributed by atoms with Crippen molar-refractivity contribution in [3.8, 4) is 11.5 Å². The fraction of sp³-hybridized carbons (Fsp3) is 0.360. The summed E-state index contributed by atoms with van der Waals surface area (Å²) in [4.78, 5) is 14.8. The summed E-state index contributed by atoms with van der Waals surface area (Å²) in [6.07, 6.45) is 7.36. The summed E-state index contributed by atoms with van der Waals surface area (Å²) in [6, 6.07) is 14.0. The van der Waals surface area contributed by atoms with Gasteiger partial charge in [-0.25, -0.2) is 0 Å². The standard InChI is InChI=1S/C25H27BrN2O3S/c1-2-30-22-15-18(13-20(26)23(22)31-16-17-9-5-3-6-10-17)14-21-24(29)28(25(32)27-21)19-11-7-4-8-12-19/h3,5-6,9-10,13-15,19H,2,4,7-8,11-12,16H2,1H3,(H,27,32)/b21-14-. The highest BCUT2D eigenvalue weighted by atomic mass is 79.9. The first-order valence-electron chi connectivity index (χ1n) is 11.1. The monoisotopic (exact) mass is 514 g/mol. The van der Waals surface area contributed by atoms with Crippen LogP contribution in [0.25, 0.3) is 6.08 Å². The molecule has 0 aromatic heterocycles. The second-order valence-electron chi connectivity index (χ2n) is 7.99. The molecule has 2 aliphatic rings. The van der Waals surface area contributed by atoms with E-state index in [1.54, 1.807) is 4.90 Å². The molecule has 7 heteroatoms. The van der Waals surface area contributed by atoms with Gasteiger partial charge in [0.15, 0.2) is 16.6 Å². The van der Waals surface area contributed by atoms with Gasteiger partial charge in [-0.15, -0.1) is 0 Å². The van der Waals surface area contributed by atoms with Crippen molar-refractivity contribution >= 4 is 45.2 Å². The van der Waals surface area contributed by atoms with Crippen molar-refractivity contribution in [2.75, 3.05) is 6.61 Å². The molecule has 1 saturated heterocycles. The van der Waals surface area contributed by atoms with Crippen LogP contribution in [0.2, 0.25) is 0 Å². The number of carbonyl (C=O) groups is 1. The Morgan fingerprint density at radius 3 is 2.62 bits per heavy atom. The van der Waals surface area contributed by atoms with E-state index in [0.29, 0.717) is 35.5 Å². The van der Waals surface area contributed by atoms with Crippen LogP contribution in [0.1, 0.15) is 50.2 Å². The third-order valence-electron chi connectivity index (χ3n) is 5.72. The number of hydrogen-bond donors (Lipinski definition) is 1. The van der Waals surface area contributed by atoms with Gasteiger partial charge in [0.05, 0.1) is 11.1 Å². The molecule has 4 rings (SSSR count). The van der Waals surface area contributed by atoms with Crippen LogP contribution in [0.3, 0.4) is 0 Å². The molecule has 1 amide bonds. The molecular formula is C25H27BrN2O3S. The molecule has 2 fully saturated rings. The van der Waals surface area contributed by atoms with Crippen molar-refractivity contribution in [1.29, 1.82) is 0 Å². The van der Waals surface area contributed by atoms with E-state index in [0.717, 1.165) is 41.3 Å². The summed E-state index contributed by atoms with van der Waals surface area (Å²) in [5.74, 6) is 1.21. The van der Waals surface area contributed by atoms with Crippen LogP contribution < -0.4 is 14.8 Å². The van der Waals surface area contributed by atoms with E-state index in [4.69, 9.17) is 21.7 Å². The Hall–Kier alpha value is -2.38. The van der Waals surface area contributed by atoms with Crippen LogP contribution in [0, 0.1) is 0 Å². The van der Waals surface area contributed by atoms with Crippen LogP contribution in [-0.4, -0.2) is 28.6 Å². The minimum absolute atomic E-state index is 0.0552. The average molecular weight is 515 g/mol. The quantitative estimate of drug-likeness (QED) is 0.372. The first-order valence-corrected chi connectivity index (χ1v) is 12.3. The third-order valence-corrected chi connectivity index (χ3v) is 6.61. The van der Waals surface area contributed by atoms with Gasteiger partial charge < -0.3 is 14.8 Å². The van der Waals surface area contributed by atoms with Crippen LogP contribution in [0.5, 0.6) is 11.5 Å². The number of thiocarbonyl (C=S) groups is 1. The lowest BCUT2D eigenvalue weighted by Crippen LogP contribution is -2.41. The maximum absolute atomic E-state index is 13.1. The molecule has 1 aliphatic carbocycles. The SMILES string of the molecule is CCOc1cc(/C=C2\NC(=S)N(C3CCCCC3)C2=O)cc(Br)c1OCc1ccccc1. The molecule has 0 spiro atoms. The van der Waals surface area contributed by atoms with Gasteiger partial charge in [0.25, 0.3) is 5.91 Å². The molecule has 32 heavy (non-hydrogen) atoms. The number of hydrogen-bond acceptors (Lipinski definition) is 4. The summed E-state index contributed by atoms with van der Waals surface area (Å²) in [5, 5.41) is 3.61. The normalized spacial score (nSPS) is 18.2. The van der Waals surface area contributed by atoms with Gasteiger partial charge in [0.1, 0.15) is 12.3 Å². The van der Waals surface area contributed by atoms with Crippen molar-refractivity contribution in [1.82, 2.24) is 10.2 Å². The molecular weight excluding hydrogens is 488 g/mol. The lowest BCUT2D eigenvalue weighted by molar-refractivity contribution is -0.124. The van der Waals surface area contributed by atoms with E-state index < -0.39 is 0 Å². The van der Waals surface area contributed by atoms with E-state index in [-0.39, 0.29) is 11.9 Å². The van der Waals surface area contributed by atoms with Crippen LogP contribution in [0.4, 0.5) is 0 Å². The fourth-order valence-corrected chi connectivity index (χ4v) is 5.11. The summed E-state index contributed by atoms with van der Waals surface area (Å²) in [7, 11) is 0. The maximum Gasteiger partial charge on any atom is 0.276 e. The number of halogens is 1. The lowest BCUT2D eigenvalue weighted by Gasteiger charge is -2.29. The molecule has 1 heterocycles. The number of rotatable bonds is 7. The van der Waals surface area contributed by atoms with E-state index in [1.165, 1.54) is 6.42 Å². The zero-order valence-corrected chi connectivity index (χ0v) is 20.5. The number of nitrogens with zero attached hydrogens (tertiary/aromatic N) is 1. The number of ether oxygens (including phenoxy) is 2. The van der Waals surface area contributed by atoms with Gasteiger partial charge in [-0.05, 0) is 77.2 Å². The topological polar surface area (TPSA) is 50.8 Å². The Bertz CT molecular complexity index is 1020. The second kappa shape index (κ2) is 10.5. The molecule has 0 unspecified atom stereocenters. The Morgan fingerprint density at radius 1 is 1.16 bits per heavy atom. The Balaban J connectivity index is 1.56. The molecule has 1 N–H and O–H groups in total. The second-order valence-corrected chi connectivity index (χ2v) is 9.23. The zero-order chi connectivity index (χ0) is 22.5.